The number of rotatable bonds is 4. The molecular formula is C13H19N3O2. The lowest BCUT2D eigenvalue weighted by Gasteiger charge is -2.32. The minimum atomic E-state index is -0.992. The number of anilines is 1. The molecule has 5 nitrogen and oxygen atoms in total. The number of piperidine rings is 1. The Balaban J connectivity index is 1.93. The number of carbonyl (C=O) groups is 1. The van der Waals surface area contributed by atoms with Crippen LogP contribution in [-0.4, -0.2) is 47.1 Å². The van der Waals surface area contributed by atoms with Crippen LogP contribution in [-0.2, 0) is 0 Å². The molecular weight excluding hydrogens is 230 g/mol. The van der Waals surface area contributed by atoms with Crippen molar-refractivity contribution in [1.29, 1.82) is 0 Å². The van der Waals surface area contributed by atoms with Gasteiger partial charge in [0.1, 0.15) is 5.69 Å². The summed E-state index contributed by atoms with van der Waals surface area (Å²) >= 11 is 0. The molecule has 0 radical (unpaired) electrons. The van der Waals surface area contributed by atoms with Crippen molar-refractivity contribution >= 4 is 11.7 Å². The Morgan fingerprint density at radius 2 is 2.44 bits per heavy atom. The lowest BCUT2D eigenvalue weighted by Crippen LogP contribution is -2.40. The van der Waals surface area contributed by atoms with Gasteiger partial charge in [0, 0.05) is 24.5 Å². The van der Waals surface area contributed by atoms with E-state index in [1.54, 1.807) is 12.1 Å². The quantitative estimate of drug-likeness (QED) is 0.850. The van der Waals surface area contributed by atoms with Crippen LogP contribution in [0.3, 0.4) is 0 Å². The number of nitrogens with zero attached hydrogens (tertiary/aromatic N) is 2. The van der Waals surface area contributed by atoms with Gasteiger partial charge < -0.3 is 15.3 Å². The number of nitrogens with one attached hydrogen (secondary N) is 1. The van der Waals surface area contributed by atoms with E-state index in [4.69, 9.17) is 5.11 Å². The number of likely N-dealkylation sites (tertiary alicyclic amines) is 1. The van der Waals surface area contributed by atoms with Gasteiger partial charge in [0.05, 0.1) is 0 Å². The average molecular weight is 249 g/mol. The minimum Gasteiger partial charge on any atom is -0.477 e. The Bertz CT molecular complexity index is 422. The lowest BCUT2D eigenvalue weighted by atomic mass is 10.0. The Kier molecular flexibility index (Phi) is 4.15. The highest BCUT2D eigenvalue weighted by atomic mass is 16.4. The molecule has 5 heteroatoms. The molecule has 1 fully saturated rings. The van der Waals surface area contributed by atoms with Crippen LogP contribution < -0.4 is 5.32 Å². The Morgan fingerprint density at radius 1 is 1.61 bits per heavy atom. The van der Waals surface area contributed by atoms with Crippen LogP contribution in [0.1, 0.15) is 29.8 Å². The van der Waals surface area contributed by atoms with Crippen molar-refractivity contribution in [1.82, 2.24) is 9.88 Å². The van der Waals surface area contributed by atoms with E-state index in [0.29, 0.717) is 6.04 Å². The van der Waals surface area contributed by atoms with Gasteiger partial charge in [-0.3, -0.25) is 0 Å². The Morgan fingerprint density at radius 3 is 3.17 bits per heavy atom. The molecule has 1 aromatic heterocycles. The number of hydrogen-bond donors (Lipinski definition) is 2. The highest BCUT2D eigenvalue weighted by molar-refractivity contribution is 5.86. The van der Waals surface area contributed by atoms with Crippen LogP contribution in [0, 0.1) is 0 Å². The molecule has 18 heavy (non-hydrogen) atoms. The predicted molar refractivity (Wildman–Crippen MR) is 70.0 cm³/mol. The van der Waals surface area contributed by atoms with Gasteiger partial charge >= 0.3 is 5.97 Å². The van der Waals surface area contributed by atoms with Gasteiger partial charge in [-0.25, -0.2) is 9.78 Å². The normalized spacial score (nSPS) is 20.6. The second-order valence-electron chi connectivity index (χ2n) is 4.75. The van der Waals surface area contributed by atoms with Crippen LogP contribution in [0.2, 0.25) is 0 Å². The van der Waals surface area contributed by atoms with Gasteiger partial charge in [0.25, 0.3) is 0 Å². The van der Waals surface area contributed by atoms with Crippen molar-refractivity contribution in [3.05, 3.63) is 24.0 Å². The molecule has 1 aromatic rings. The molecule has 0 aromatic carbocycles. The molecule has 1 saturated heterocycles. The summed E-state index contributed by atoms with van der Waals surface area (Å²) < 4.78 is 0. The van der Waals surface area contributed by atoms with Crippen molar-refractivity contribution in [2.75, 3.05) is 25.5 Å². The third-order valence-corrected chi connectivity index (χ3v) is 3.44. The van der Waals surface area contributed by atoms with E-state index in [0.717, 1.165) is 18.8 Å². The summed E-state index contributed by atoms with van der Waals surface area (Å²) in [7, 11) is 2.14. The van der Waals surface area contributed by atoms with E-state index < -0.39 is 5.97 Å². The van der Waals surface area contributed by atoms with Gasteiger partial charge in [-0.05, 0) is 38.6 Å². The summed E-state index contributed by atoms with van der Waals surface area (Å²) in [6.07, 6.45) is 5.26. The third-order valence-electron chi connectivity index (χ3n) is 3.44. The van der Waals surface area contributed by atoms with E-state index in [-0.39, 0.29) is 5.69 Å². The summed E-state index contributed by atoms with van der Waals surface area (Å²) in [6, 6.07) is 3.90. The molecule has 1 unspecified atom stereocenters. The van der Waals surface area contributed by atoms with Crippen LogP contribution in [0.15, 0.2) is 18.3 Å². The zero-order valence-corrected chi connectivity index (χ0v) is 10.6. The van der Waals surface area contributed by atoms with Crippen LogP contribution in [0.5, 0.6) is 0 Å². The zero-order valence-electron chi connectivity index (χ0n) is 10.6. The Labute approximate surface area is 107 Å². The SMILES string of the molecule is CN1CCCCC1CNc1ccnc(C(=O)O)c1. The number of carboxylic acids is 1. The molecule has 0 aliphatic carbocycles. The van der Waals surface area contributed by atoms with Gasteiger partial charge in [-0.15, -0.1) is 0 Å². The molecule has 1 atom stereocenters. The van der Waals surface area contributed by atoms with Gasteiger partial charge in [-0.1, -0.05) is 6.42 Å². The molecule has 2 heterocycles. The number of likely N-dealkylation sites (N-methyl/N-ethyl adjacent to an activating group) is 1. The molecule has 2 rings (SSSR count). The second-order valence-corrected chi connectivity index (χ2v) is 4.75. The summed E-state index contributed by atoms with van der Waals surface area (Å²) in [5, 5.41) is 12.2. The molecule has 1 aliphatic rings. The fourth-order valence-electron chi connectivity index (χ4n) is 2.30. The van der Waals surface area contributed by atoms with Crippen molar-refractivity contribution in [2.24, 2.45) is 0 Å². The van der Waals surface area contributed by atoms with Crippen molar-refractivity contribution in [3.8, 4) is 0 Å². The van der Waals surface area contributed by atoms with Crippen LogP contribution >= 0.6 is 0 Å². The van der Waals surface area contributed by atoms with Crippen LogP contribution in [0.25, 0.3) is 0 Å². The first kappa shape index (κ1) is 12.8. The standard InChI is InChI=1S/C13H19N3O2/c1-16-7-3-2-4-11(16)9-15-10-5-6-14-12(8-10)13(17)18/h5-6,8,11H,2-4,7,9H2,1H3,(H,14,15)(H,17,18). The first-order valence-electron chi connectivity index (χ1n) is 6.30. The third kappa shape index (κ3) is 3.20. The number of aromatic nitrogens is 1. The van der Waals surface area contributed by atoms with E-state index in [9.17, 15) is 4.79 Å². The van der Waals surface area contributed by atoms with Crippen molar-refractivity contribution in [2.45, 2.75) is 25.3 Å². The maximum atomic E-state index is 10.8. The van der Waals surface area contributed by atoms with Crippen LogP contribution in [0.4, 0.5) is 5.69 Å². The molecule has 0 spiro atoms. The summed E-state index contributed by atoms with van der Waals surface area (Å²) in [6.45, 7) is 1.99. The molecule has 1 aliphatic heterocycles. The topological polar surface area (TPSA) is 65.5 Å². The fourth-order valence-corrected chi connectivity index (χ4v) is 2.30. The van der Waals surface area contributed by atoms with Crippen molar-refractivity contribution < 1.29 is 9.90 Å². The lowest BCUT2D eigenvalue weighted by molar-refractivity contribution is 0.0690. The van der Waals surface area contributed by atoms with Gasteiger partial charge in [0.2, 0.25) is 0 Å². The number of carboxylic acid groups (broad SMARTS) is 1. The number of pyridine rings is 1. The zero-order chi connectivity index (χ0) is 13.0. The first-order chi connectivity index (χ1) is 8.66. The predicted octanol–water partition coefficient (Wildman–Crippen LogP) is 1.68. The van der Waals surface area contributed by atoms with Gasteiger partial charge in [-0.2, -0.15) is 0 Å². The molecule has 0 bridgehead atoms. The van der Waals surface area contributed by atoms with Gasteiger partial charge in [0.15, 0.2) is 0 Å². The fraction of sp³-hybridized carbons (Fsp3) is 0.538. The van der Waals surface area contributed by atoms with E-state index >= 15 is 0 Å². The van der Waals surface area contributed by atoms with E-state index in [2.05, 4.69) is 22.2 Å². The van der Waals surface area contributed by atoms with E-state index in [1.807, 2.05) is 0 Å². The highest BCUT2D eigenvalue weighted by Gasteiger charge is 2.18. The van der Waals surface area contributed by atoms with E-state index in [1.165, 1.54) is 25.5 Å². The second kappa shape index (κ2) is 5.82. The summed E-state index contributed by atoms with van der Waals surface area (Å²) in [5.74, 6) is -0.992. The largest absolute Gasteiger partial charge is 0.477 e. The summed E-state index contributed by atoms with van der Waals surface area (Å²) in [4.78, 5) is 17.0. The molecule has 98 valence electrons. The monoisotopic (exact) mass is 249 g/mol. The smallest absolute Gasteiger partial charge is 0.354 e. The van der Waals surface area contributed by atoms with Crippen molar-refractivity contribution in [3.63, 3.8) is 0 Å². The highest BCUT2D eigenvalue weighted by Crippen LogP contribution is 2.16. The summed E-state index contributed by atoms with van der Waals surface area (Å²) in [5.41, 5.74) is 0.901. The minimum absolute atomic E-state index is 0.0806. The first-order valence-corrected chi connectivity index (χ1v) is 6.30. The molecule has 0 saturated carbocycles. The maximum absolute atomic E-state index is 10.8. The molecule has 2 N–H and O–H groups in total. The number of hydrogen-bond acceptors (Lipinski definition) is 4. The maximum Gasteiger partial charge on any atom is 0.354 e. The number of aromatic carboxylic acids is 1. The Hall–Kier alpha value is -1.62. The average Bonchev–Trinajstić information content (AvgIpc) is 2.38. The molecule has 0 amide bonds.